The molecule has 66 valence electrons. The van der Waals surface area contributed by atoms with Gasteiger partial charge in [-0.2, -0.15) is 0 Å². The molecule has 0 amide bonds. The zero-order chi connectivity index (χ0) is 9.28. The van der Waals surface area contributed by atoms with Crippen LogP contribution in [0.3, 0.4) is 0 Å². The molecule has 0 aliphatic heterocycles. The minimum atomic E-state index is 0.338. The second-order valence-corrected chi connectivity index (χ2v) is 2.39. The Hall–Kier alpha value is -0.620. The number of hydrogen-bond donors (Lipinski definition) is 4. The zero-order valence-corrected chi connectivity index (χ0v) is 8.31. The van der Waals surface area contributed by atoms with Crippen LogP contribution in [0.2, 0.25) is 0 Å². The van der Waals surface area contributed by atoms with Gasteiger partial charge >= 0.3 is 0 Å². The predicted molar refractivity (Wildman–Crippen MR) is 56.3 cm³/mol. The topological polar surface area (TPSA) is 76.1 Å². The maximum atomic E-state index is 5.02. The first-order valence-electron chi connectivity index (χ1n) is 3.05. The number of nitrogens with one attached hydrogen (secondary N) is 2. The lowest BCUT2D eigenvalue weighted by atomic mass is 10.8. The molecule has 0 aliphatic carbocycles. The highest BCUT2D eigenvalue weighted by Gasteiger charge is 1.73. The van der Waals surface area contributed by atoms with Crippen LogP contribution in [-0.4, -0.2) is 23.8 Å². The Morgan fingerprint density at radius 3 is 1.64 bits per heavy atom. The Bertz CT molecular complexity index is 126. The molecule has 0 saturated heterocycles. The molecule has 0 spiro atoms. The fourth-order valence-corrected chi connectivity index (χ4v) is 0.319. The quantitative estimate of drug-likeness (QED) is 0.413. The molecule has 0 fully saturated rings. The smallest absolute Gasteiger partial charge is 0.163 e. The highest BCUT2D eigenvalue weighted by atomic mass is 32.1. The molecule has 0 saturated carbocycles. The van der Waals surface area contributed by atoms with Gasteiger partial charge in [-0.1, -0.05) is 0 Å². The second-order valence-electron chi connectivity index (χ2n) is 1.51. The lowest BCUT2D eigenvalue weighted by Gasteiger charge is -1.92. The summed E-state index contributed by atoms with van der Waals surface area (Å²) < 4.78 is 0. The summed E-state index contributed by atoms with van der Waals surface area (Å²) in [5.74, 6) is 0. The van der Waals surface area contributed by atoms with E-state index in [9.17, 15) is 0 Å². The highest BCUT2D eigenvalue weighted by molar-refractivity contribution is 7.80. The molecular weight excluding hydrogens is 180 g/mol. The third-order valence-electron chi connectivity index (χ3n) is 0.597. The van der Waals surface area contributed by atoms with Gasteiger partial charge < -0.3 is 22.1 Å². The first-order valence-corrected chi connectivity index (χ1v) is 3.86. The van der Waals surface area contributed by atoms with Gasteiger partial charge in [0, 0.05) is 13.6 Å². The molecule has 0 radical (unpaired) electrons. The van der Waals surface area contributed by atoms with E-state index in [0.29, 0.717) is 10.2 Å². The van der Waals surface area contributed by atoms with Crippen LogP contribution in [0.1, 0.15) is 6.92 Å². The van der Waals surface area contributed by atoms with Crippen molar-refractivity contribution in [2.24, 2.45) is 11.5 Å². The van der Waals surface area contributed by atoms with E-state index >= 15 is 0 Å². The van der Waals surface area contributed by atoms with Crippen LogP contribution in [0.15, 0.2) is 0 Å². The van der Waals surface area contributed by atoms with Gasteiger partial charge in [-0.05, 0) is 31.4 Å². The molecule has 0 aromatic rings. The molecule has 0 bridgehead atoms. The lowest BCUT2D eigenvalue weighted by molar-refractivity contribution is 0.973. The van der Waals surface area contributed by atoms with Crippen LogP contribution in [0.4, 0.5) is 0 Å². The minimum Gasteiger partial charge on any atom is -0.376 e. The normalized spacial score (nSPS) is 7.09. The largest absolute Gasteiger partial charge is 0.376 e. The van der Waals surface area contributed by atoms with E-state index in [0.717, 1.165) is 6.54 Å². The van der Waals surface area contributed by atoms with Gasteiger partial charge in [-0.15, -0.1) is 0 Å². The van der Waals surface area contributed by atoms with Gasteiger partial charge in [-0.25, -0.2) is 0 Å². The number of rotatable bonds is 1. The van der Waals surface area contributed by atoms with E-state index in [4.69, 9.17) is 11.5 Å². The van der Waals surface area contributed by atoms with Crippen LogP contribution in [0, 0.1) is 0 Å². The monoisotopic (exact) mass is 194 g/mol. The van der Waals surface area contributed by atoms with Gasteiger partial charge in [0.15, 0.2) is 10.2 Å². The average Bonchev–Trinajstić information content (AvgIpc) is 1.89. The summed E-state index contributed by atoms with van der Waals surface area (Å²) in [5.41, 5.74) is 9.94. The first-order chi connectivity index (χ1) is 5.04. The Morgan fingerprint density at radius 2 is 1.64 bits per heavy atom. The van der Waals surface area contributed by atoms with Crippen molar-refractivity contribution in [1.82, 2.24) is 10.6 Å². The molecule has 0 atom stereocenters. The van der Waals surface area contributed by atoms with Crippen LogP contribution >= 0.6 is 24.4 Å². The summed E-state index contributed by atoms with van der Waals surface area (Å²) in [5, 5.41) is 5.97. The van der Waals surface area contributed by atoms with Crippen molar-refractivity contribution in [2.45, 2.75) is 6.92 Å². The van der Waals surface area contributed by atoms with E-state index in [2.05, 4.69) is 35.1 Å². The summed E-state index contributed by atoms with van der Waals surface area (Å²) in [6.45, 7) is 2.76. The van der Waals surface area contributed by atoms with E-state index in [1.165, 1.54) is 0 Å². The van der Waals surface area contributed by atoms with Crippen LogP contribution in [0.25, 0.3) is 0 Å². The molecule has 0 heterocycles. The number of hydrogen-bond acceptors (Lipinski definition) is 2. The van der Waals surface area contributed by atoms with Crippen molar-refractivity contribution in [3.05, 3.63) is 0 Å². The molecule has 6 N–H and O–H groups in total. The van der Waals surface area contributed by atoms with Crippen LogP contribution in [-0.2, 0) is 0 Å². The Labute approximate surface area is 77.7 Å². The summed E-state index contributed by atoms with van der Waals surface area (Å²) in [4.78, 5) is 0. The molecule has 0 aromatic heterocycles. The molecule has 0 rings (SSSR count). The van der Waals surface area contributed by atoms with Crippen molar-refractivity contribution in [3.8, 4) is 0 Å². The van der Waals surface area contributed by atoms with Gasteiger partial charge in [-0.3, -0.25) is 0 Å². The fraction of sp³-hybridized carbons (Fsp3) is 0.600. The van der Waals surface area contributed by atoms with Crippen molar-refractivity contribution < 1.29 is 0 Å². The molecule has 0 unspecified atom stereocenters. The molecule has 0 aliphatic rings. The first kappa shape index (κ1) is 13.0. The SMILES string of the molecule is CCNC(N)=S.CNC(N)=S. The number of nitrogens with two attached hydrogens (primary N) is 2. The predicted octanol–water partition coefficient (Wildman–Crippen LogP) is -0.711. The molecule has 0 aromatic carbocycles. The summed E-state index contributed by atoms with van der Waals surface area (Å²) >= 11 is 8.82. The molecule has 6 heteroatoms. The summed E-state index contributed by atoms with van der Waals surface area (Å²) in [7, 11) is 1.68. The Balaban J connectivity index is 0. The lowest BCUT2D eigenvalue weighted by Crippen LogP contribution is -2.28. The molecule has 11 heavy (non-hydrogen) atoms. The van der Waals surface area contributed by atoms with Crippen molar-refractivity contribution in [3.63, 3.8) is 0 Å². The van der Waals surface area contributed by atoms with Crippen LogP contribution in [0.5, 0.6) is 0 Å². The van der Waals surface area contributed by atoms with E-state index in [-0.39, 0.29) is 0 Å². The third kappa shape index (κ3) is 26.6. The van der Waals surface area contributed by atoms with E-state index in [1.807, 2.05) is 6.92 Å². The third-order valence-corrected chi connectivity index (χ3v) is 0.946. The van der Waals surface area contributed by atoms with Crippen molar-refractivity contribution in [1.29, 1.82) is 0 Å². The highest BCUT2D eigenvalue weighted by Crippen LogP contribution is 1.52. The maximum absolute atomic E-state index is 5.02. The van der Waals surface area contributed by atoms with Gasteiger partial charge in [0.25, 0.3) is 0 Å². The fourth-order valence-electron chi connectivity index (χ4n) is 0.174. The zero-order valence-electron chi connectivity index (χ0n) is 6.68. The number of thiocarbonyl (C=S) groups is 2. The standard InChI is InChI=1S/C3H8N2S.C2H6N2S/c1-2-5-3(4)6;1-4-2(3)5/h2H2,1H3,(H3,4,5,6);1H3,(H3,3,4,5). The van der Waals surface area contributed by atoms with Crippen LogP contribution < -0.4 is 22.1 Å². The van der Waals surface area contributed by atoms with Crippen molar-refractivity contribution in [2.75, 3.05) is 13.6 Å². The summed E-state index contributed by atoms with van der Waals surface area (Å²) in [6.07, 6.45) is 0. The Kier molecular flexibility index (Phi) is 11.1. The Morgan fingerprint density at radius 1 is 1.27 bits per heavy atom. The van der Waals surface area contributed by atoms with E-state index < -0.39 is 0 Å². The minimum absolute atomic E-state index is 0.338. The average molecular weight is 194 g/mol. The van der Waals surface area contributed by atoms with Gasteiger partial charge in [0.2, 0.25) is 0 Å². The maximum Gasteiger partial charge on any atom is 0.163 e. The molecular formula is C5H14N4S2. The molecule has 4 nitrogen and oxygen atoms in total. The van der Waals surface area contributed by atoms with Crippen molar-refractivity contribution >= 4 is 34.7 Å². The van der Waals surface area contributed by atoms with Gasteiger partial charge in [0.1, 0.15) is 0 Å². The summed E-state index contributed by atoms with van der Waals surface area (Å²) in [6, 6.07) is 0. The van der Waals surface area contributed by atoms with E-state index in [1.54, 1.807) is 7.05 Å². The van der Waals surface area contributed by atoms with Gasteiger partial charge in [0.05, 0.1) is 0 Å². The second kappa shape index (κ2) is 9.38.